The van der Waals surface area contributed by atoms with E-state index in [1.165, 1.54) is 43.5 Å². The molecule has 1 unspecified atom stereocenters. The first-order valence-corrected chi connectivity index (χ1v) is 10.1. The maximum atomic E-state index is 2.40. The summed E-state index contributed by atoms with van der Waals surface area (Å²) in [6, 6.07) is 26.7. The standard InChI is InChI=1S/C25H18S/c1-15-14-22-25(20-12-6-7-13-21(20)26-22)23(15)24-18-10-4-2-8-16(18)17-9-3-5-11-19(17)24/h2-13,15H,14H2,1H3. The van der Waals surface area contributed by atoms with Crippen LogP contribution in [-0.2, 0) is 6.42 Å². The van der Waals surface area contributed by atoms with Gasteiger partial charge in [-0.2, -0.15) is 0 Å². The number of hydrogen-bond acceptors (Lipinski definition) is 1. The van der Waals surface area contributed by atoms with E-state index in [4.69, 9.17) is 0 Å². The van der Waals surface area contributed by atoms with E-state index < -0.39 is 0 Å². The van der Waals surface area contributed by atoms with Crippen LogP contribution in [0.3, 0.4) is 0 Å². The van der Waals surface area contributed by atoms with Gasteiger partial charge in [-0.15, -0.1) is 11.3 Å². The third kappa shape index (κ3) is 1.79. The zero-order chi connectivity index (χ0) is 17.3. The molecule has 1 heteroatoms. The molecule has 0 fully saturated rings. The molecule has 124 valence electrons. The molecular formula is C25H18S. The summed E-state index contributed by atoms with van der Waals surface area (Å²) >= 11 is 1.98. The quantitative estimate of drug-likeness (QED) is 0.281. The van der Waals surface area contributed by atoms with Gasteiger partial charge in [0, 0.05) is 20.5 Å². The lowest BCUT2D eigenvalue weighted by Gasteiger charge is -2.14. The Balaban J connectivity index is 1.77. The van der Waals surface area contributed by atoms with Gasteiger partial charge in [0.2, 0.25) is 0 Å². The van der Waals surface area contributed by atoms with Crippen molar-refractivity contribution in [2.45, 2.75) is 13.3 Å². The lowest BCUT2D eigenvalue weighted by atomic mass is 9.89. The lowest BCUT2D eigenvalue weighted by molar-refractivity contribution is 0.788. The monoisotopic (exact) mass is 350 g/mol. The molecule has 1 heterocycles. The van der Waals surface area contributed by atoms with Gasteiger partial charge in [0.15, 0.2) is 0 Å². The second-order valence-electron chi connectivity index (χ2n) is 7.38. The topological polar surface area (TPSA) is 0 Å². The van der Waals surface area contributed by atoms with Crippen molar-refractivity contribution in [1.29, 1.82) is 0 Å². The fourth-order valence-electron chi connectivity index (χ4n) is 4.84. The van der Waals surface area contributed by atoms with Crippen molar-refractivity contribution in [3.05, 3.63) is 94.4 Å². The Morgan fingerprint density at radius 3 is 2.00 bits per heavy atom. The van der Waals surface area contributed by atoms with Gasteiger partial charge in [-0.05, 0) is 51.8 Å². The minimum atomic E-state index is 0.565. The Hall–Kier alpha value is -2.64. The number of allylic oxidation sites excluding steroid dienone is 1. The van der Waals surface area contributed by atoms with E-state index in [1.54, 1.807) is 10.5 Å². The van der Waals surface area contributed by atoms with E-state index in [-0.39, 0.29) is 0 Å². The van der Waals surface area contributed by atoms with Crippen molar-refractivity contribution in [2.24, 2.45) is 5.92 Å². The summed E-state index contributed by atoms with van der Waals surface area (Å²) in [5.41, 5.74) is 10.1. The first-order valence-electron chi connectivity index (χ1n) is 9.27. The maximum Gasteiger partial charge on any atom is 0.0352 e. The van der Waals surface area contributed by atoms with Gasteiger partial charge in [0.05, 0.1) is 0 Å². The molecule has 1 aromatic heterocycles. The largest absolute Gasteiger partial charge is 0.140 e. The average molecular weight is 350 g/mol. The van der Waals surface area contributed by atoms with Crippen LogP contribution in [0.1, 0.15) is 28.5 Å². The molecule has 0 aliphatic heterocycles. The van der Waals surface area contributed by atoms with E-state index in [1.807, 2.05) is 11.3 Å². The molecular weight excluding hydrogens is 332 g/mol. The van der Waals surface area contributed by atoms with Gasteiger partial charge in [-0.25, -0.2) is 0 Å². The van der Waals surface area contributed by atoms with Crippen molar-refractivity contribution in [1.82, 2.24) is 0 Å². The Kier molecular flexibility index (Phi) is 2.90. The van der Waals surface area contributed by atoms with Gasteiger partial charge in [-0.1, -0.05) is 73.7 Å². The van der Waals surface area contributed by atoms with Crippen LogP contribution in [0.2, 0.25) is 0 Å². The smallest absolute Gasteiger partial charge is 0.0352 e. The highest BCUT2D eigenvalue weighted by Gasteiger charge is 2.34. The number of benzene rings is 3. The van der Waals surface area contributed by atoms with Gasteiger partial charge < -0.3 is 0 Å². The molecule has 0 saturated carbocycles. The van der Waals surface area contributed by atoms with E-state index >= 15 is 0 Å². The third-order valence-corrected chi connectivity index (χ3v) is 7.07. The zero-order valence-electron chi connectivity index (χ0n) is 14.6. The fraction of sp³-hybridized carbons (Fsp3) is 0.120. The van der Waals surface area contributed by atoms with Crippen LogP contribution in [-0.4, -0.2) is 0 Å². The van der Waals surface area contributed by atoms with E-state index in [9.17, 15) is 0 Å². The Morgan fingerprint density at radius 1 is 0.731 bits per heavy atom. The maximum absolute atomic E-state index is 2.40. The lowest BCUT2D eigenvalue weighted by Crippen LogP contribution is -1.96. The number of fused-ring (bicyclic) bond motifs is 6. The molecule has 2 aliphatic rings. The molecule has 0 N–H and O–H groups in total. The summed E-state index contributed by atoms with van der Waals surface area (Å²) in [5.74, 6) is 0.565. The Morgan fingerprint density at radius 2 is 1.31 bits per heavy atom. The van der Waals surface area contributed by atoms with Crippen molar-refractivity contribution in [3.8, 4) is 11.1 Å². The Bertz CT molecular complexity index is 1170. The minimum absolute atomic E-state index is 0.565. The second-order valence-corrected chi connectivity index (χ2v) is 8.52. The zero-order valence-corrected chi connectivity index (χ0v) is 15.4. The van der Waals surface area contributed by atoms with Gasteiger partial charge in [0.1, 0.15) is 0 Å². The van der Waals surface area contributed by atoms with Crippen LogP contribution in [0.5, 0.6) is 0 Å². The third-order valence-electron chi connectivity index (χ3n) is 5.87. The van der Waals surface area contributed by atoms with Gasteiger partial charge in [-0.3, -0.25) is 0 Å². The van der Waals surface area contributed by atoms with Gasteiger partial charge >= 0.3 is 0 Å². The predicted octanol–water partition coefficient (Wildman–Crippen LogP) is 7.03. The van der Waals surface area contributed by atoms with Crippen LogP contribution >= 0.6 is 11.3 Å². The molecule has 26 heavy (non-hydrogen) atoms. The number of hydrogen-bond donors (Lipinski definition) is 0. The number of thiophene rings is 1. The van der Waals surface area contributed by atoms with Crippen molar-refractivity contribution in [2.75, 3.05) is 0 Å². The second kappa shape index (κ2) is 5.18. The van der Waals surface area contributed by atoms with Crippen molar-refractivity contribution < 1.29 is 0 Å². The Labute approximate surface area is 157 Å². The molecule has 0 bridgehead atoms. The molecule has 6 rings (SSSR count). The molecule has 0 saturated heterocycles. The predicted molar refractivity (Wildman–Crippen MR) is 112 cm³/mol. The SMILES string of the molecule is CC1Cc2sc3ccccc3c2C1=C1c2ccccc2-c2ccccc21. The molecule has 3 aromatic carbocycles. The minimum Gasteiger partial charge on any atom is -0.140 e. The van der Waals surface area contributed by atoms with Crippen molar-refractivity contribution in [3.63, 3.8) is 0 Å². The highest BCUT2D eigenvalue weighted by atomic mass is 32.1. The molecule has 1 atom stereocenters. The van der Waals surface area contributed by atoms with E-state index in [2.05, 4.69) is 79.7 Å². The normalized spacial score (nSPS) is 17.5. The summed E-state index contributed by atoms with van der Waals surface area (Å²) in [6.45, 7) is 2.40. The fourth-order valence-corrected chi connectivity index (χ4v) is 6.19. The summed E-state index contributed by atoms with van der Waals surface area (Å²) in [4.78, 5) is 1.56. The van der Waals surface area contributed by atoms with Crippen molar-refractivity contribution >= 4 is 32.6 Å². The first-order chi connectivity index (χ1) is 12.8. The first kappa shape index (κ1) is 14.5. The molecule has 2 aliphatic carbocycles. The highest BCUT2D eigenvalue weighted by Crippen LogP contribution is 2.54. The van der Waals surface area contributed by atoms with Gasteiger partial charge in [0.25, 0.3) is 0 Å². The summed E-state index contributed by atoms with van der Waals surface area (Å²) in [5, 5.41) is 1.43. The molecule has 0 amide bonds. The summed E-state index contributed by atoms with van der Waals surface area (Å²) in [7, 11) is 0. The number of rotatable bonds is 0. The van der Waals surface area contributed by atoms with Crippen LogP contribution in [0.25, 0.3) is 32.4 Å². The molecule has 0 radical (unpaired) electrons. The van der Waals surface area contributed by atoms with Crippen LogP contribution in [0, 0.1) is 5.92 Å². The van der Waals surface area contributed by atoms with Crippen LogP contribution in [0.4, 0.5) is 0 Å². The van der Waals surface area contributed by atoms with Crippen LogP contribution in [0.15, 0.2) is 72.8 Å². The van der Waals surface area contributed by atoms with E-state index in [0.29, 0.717) is 5.92 Å². The molecule has 0 spiro atoms. The summed E-state index contributed by atoms with van der Waals surface area (Å²) < 4.78 is 1.42. The highest BCUT2D eigenvalue weighted by molar-refractivity contribution is 7.19. The molecule has 0 nitrogen and oxygen atoms in total. The molecule has 4 aromatic rings. The average Bonchev–Trinajstić information content (AvgIpc) is 3.29. The summed E-state index contributed by atoms with van der Waals surface area (Å²) in [6.07, 6.45) is 1.16. The van der Waals surface area contributed by atoms with E-state index in [0.717, 1.165) is 6.42 Å². The van der Waals surface area contributed by atoms with Crippen LogP contribution < -0.4 is 0 Å².